The molecular weight excluding hydrogens is 330 g/mol. The van der Waals surface area contributed by atoms with Crippen LogP contribution in [0.5, 0.6) is 0 Å². The Morgan fingerprint density at radius 3 is 2.70 bits per heavy atom. The lowest BCUT2D eigenvalue weighted by Crippen LogP contribution is -2.38. The van der Waals surface area contributed by atoms with Gasteiger partial charge in [-0.15, -0.1) is 11.3 Å². The van der Waals surface area contributed by atoms with Gasteiger partial charge in [0.2, 0.25) is 0 Å². The van der Waals surface area contributed by atoms with Gasteiger partial charge in [-0.1, -0.05) is 11.6 Å². The average Bonchev–Trinajstić information content (AvgIpc) is 3.07. The summed E-state index contributed by atoms with van der Waals surface area (Å²) in [5.74, 6) is 2.65. The highest BCUT2D eigenvalue weighted by Crippen LogP contribution is 2.34. The maximum atomic E-state index is 12.5. The number of rotatable bonds is 4. The van der Waals surface area contributed by atoms with Gasteiger partial charge in [-0.3, -0.25) is 4.79 Å². The molecule has 2 aromatic heterocycles. The average molecular weight is 350 g/mol. The number of carbonyl (C=O) groups excluding carboxylic acids is 1. The highest BCUT2D eigenvalue weighted by molar-refractivity contribution is 7.17. The molecule has 0 bridgehead atoms. The van der Waals surface area contributed by atoms with E-state index >= 15 is 0 Å². The molecule has 0 aromatic carbocycles. The lowest BCUT2D eigenvalue weighted by Gasteiger charge is -2.31. The third-order valence-corrected chi connectivity index (χ3v) is 6.05. The van der Waals surface area contributed by atoms with E-state index in [-0.39, 0.29) is 5.91 Å². The number of hydrogen-bond acceptors (Lipinski definition) is 3. The number of nitrogens with zero attached hydrogens (tertiary/aromatic N) is 3. The highest BCUT2D eigenvalue weighted by atomic mass is 35.5. The molecule has 1 aliphatic heterocycles. The molecule has 6 heteroatoms. The molecule has 4 nitrogen and oxygen atoms in total. The maximum absolute atomic E-state index is 12.5. The van der Waals surface area contributed by atoms with E-state index in [1.54, 1.807) is 6.07 Å². The number of hydrogen-bond donors (Lipinski definition) is 0. The Bertz CT molecular complexity index is 698. The summed E-state index contributed by atoms with van der Waals surface area (Å²) in [6, 6.07) is 3.62. The summed E-state index contributed by atoms with van der Waals surface area (Å²) in [4.78, 5) is 19.8. The van der Waals surface area contributed by atoms with Crippen molar-refractivity contribution in [3.05, 3.63) is 39.6 Å². The SMILES string of the molecule is O=C(c1ccc(Cl)s1)N1CCC(c2nccn2CC2CC2)CC1. The molecule has 2 aliphatic rings. The summed E-state index contributed by atoms with van der Waals surface area (Å²) in [6.45, 7) is 2.72. The summed E-state index contributed by atoms with van der Waals surface area (Å²) in [6.07, 6.45) is 8.72. The van der Waals surface area contributed by atoms with Crippen molar-refractivity contribution in [1.29, 1.82) is 0 Å². The predicted molar refractivity (Wildman–Crippen MR) is 92.2 cm³/mol. The van der Waals surface area contributed by atoms with Crippen LogP contribution in [0.25, 0.3) is 0 Å². The van der Waals surface area contributed by atoms with Crippen molar-refractivity contribution in [3.8, 4) is 0 Å². The molecule has 2 aromatic rings. The Morgan fingerprint density at radius 1 is 1.26 bits per heavy atom. The first-order valence-electron chi connectivity index (χ1n) is 8.26. The summed E-state index contributed by atoms with van der Waals surface area (Å²) in [5, 5.41) is 0. The van der Waals surface area contributed by atoms with E-state index in [4.69, 9.17) is 11.6 Å². The summed E-state index contributed by atoms with van der Waals surface area (Å²) < 4.78 is 3.00. The Labute approximate surface area is 145 Å². The van der Waals surface area contributed by atoms with Crippen LogP contribution in [0.1, 0.15) is 47.1 Å². The molecular formula is C17H20ClN3OS. The molecule has 4 rings (SSSR count). The van der Waals surface area contributed by atoms with E-state index in [2.05, 4.69) is 15.7 Å². The Kier molecular flexibility index (Phi) is 4.16. The molecule has 3 heterocycles. The van der Waals surface area contributed by atoms with Gasteiger partial charge in [0.1, 0.15) is 5.82 Å². The molecule has 23 heavy (non-hydrogen) atoms. The van der Waals surface area contributed by atoms with Crippen molar-refractivity contribution < 1.29 is 4.79 Å². The number of amides is 1. The lowest BCUT2D eigenvalue weighted by molar-refractivity contribution is 0.0715. The van der Waals surface area contributed by atoms with Crippen LogP contribution in [-0.2, 0) is 6.54 Å². The van der Waals surface area contributed by atoms with Crippen LogP contribution < -0.4 is 0 Å². The number of halogens is 1. The Balaban J connectivity index is 1.39. The van der Waals surface area contributed by atoms with Gasteiger partial charge >= 0.3 is 0 Å². The van der Waals surface area contributed by atoms with Crippen molar-refractivity contribution in [2.45, 2.75) is 38.1 Å². The Hall–Kier alpha value is -1.33. The number of imidazole rings is 1. The Morgan fingerprint density at radius 2 is 2.04 bits per heavy atom. The maximum Gasteiger partial charge on any atom is 0.263 e. The minimum Gasteiger partial charge on any atom is -0.338 e. The highest BCUT2D eigenvalue weighted by Gasteiger charge is 2.29. The number of carbonyl (C=O) groups is 1. The molecule has 0 unspecified atom stereocenters. The first kappa shape index (κ1) is 15.2. The van der Waals surface area contributed by atoms with Gasteiger partial charge < -0.3 is 9.47 Å². The second-order valence-electron chi connectivity index (χ2n) is 6.55. The van der Waals surface area contributed by atoms with Crippen molar-refractivity contribution in [1.82, 2.24) is 14.5 Å². The zero-order chi connectivity index (χ0) is 15.8. The molecule has 0 radical (unpaired) electrons. The number of likely N-dealkylation sites (tertiary alicyclic amines) is 1. The van der Waals surface area contributed by atoms with Crippen molar-refractivity contribution in [2.75, 3.05) is 13.1 Å². The van der Waals surface area contributed by atoms with Crippen LogP contribution in [-0.4, -0.2) is 33.4 Å². The first-order valence-corrected chi connectivity index (χ1v) is 9.46. The lowest BCUT2D eigenvalue weighted by atomic mass is 9.95. The molecule has 1 saturated carbocycles. The van der Waals surface area contributed by atoms with E-state index in [0.29, 0.717) is 10.3 Å². The molecule has 0 atom stereocenters. The zero-order valence-electron chi connectivity index (χ0n) is 12.9. The summed E-state index contributed by atoms with van der Waals surface area (Å²) in [5.41, 5.74) is 0. The molecule has 1 aliphatic carbocycles. The van der Waals surface area contributed by atoms with Crippen LogP contribution in [0, 0.1) is 5.92 Å². The number of thiophene rings is 1. The third-order valence-electron chi connectivity index (χ3n) is 4.83. The van der Waals surface area contributed by atoms with Gasteiger partial charge in [0.25, 0.3) is 5.91 Å². The second-order valence-corrected chi connectivity index (χ2v) is 8.27. The molecule has 0 N–H and O–H groups in total. The molecule has 1 saturated heterocycles. The first-order chi connectivity index (χ1) is 11.2. The van der Waals surface area contributed by atoms with Crippen LogP contribution in [0.4, 0.5) is 0 Å². The predicted octanol–water partition coefficient (Wildman–Crippen LogP) is 4.03. The van der Waals surface area contributed by atoms with Crippen LogP contribution in [0.15, 0.2) is 24.5 Å². The fourth-order valence-corrected chi connectivity index (χ4v) is 4.35. The molecule has 1 amide bonds. The smallest absolute Gasteiger partial charge is 0.263 e. The second kappa shape index (κ2) is 6.29. The van der Waals surface area contributed by atoms with Gasteiger partial charge in [0.05, 0.1) is 9.21 Å². The van der Waals surface area contributed by atoms with Crippen molar-refractivity contribution in [3.63, 3.8) is 0 Å². The number of piperidine rings is 1. The third kappa shape index (κ3) is 3.31. The van der Waals surface area contributed by atoms with Gasteiger partial charge in [0.15, 0.2) is 0 Å². The van der Waals surface area contributed by atoms with Crippen molar-refractivity contribution >= 4 is 28.8 Å². The molecule has 2 fully saturated rings. The number of aromatic nitrogens is 2. The topological polar surface area (TPSA) is 38.1 Å². The van der Waals surface area contributed by atoms with Crippen molar-refractivity contribution in [2.24, 2.45) is 5.92 Å². The zero-order valence-corrected chi connectivity index (χ0v) is 14.5. The quantitative estimate of drug-likeness (QED) is 0.835. The van der Waals surface area contributed by atoms with Crippen LogP contribution in [0.2, 0.25) is 4.34 Å². The monoisotopic (exact) mass is 349 g/mol. The van der Waals surface area contributed by atoms with E-state index in [1.165, 1.54) is 30.0 Å². The fraction of sp³-hybridized carbons (Fsp3) is 0.529. The van der Waals surface area contributed by atoms with Crippen LogP contribution in [0.3, 0.4) is 0 Å². The van der Waals surface area contributed by atoms with E-state index in [9.17, 15) is 4.79 Å². The molecule has 122 valence electrons. The summed E-state index contributed by atoms with van der Waals surface area (Å²) >= 11 is 7.30. The minimum atomic E-state index is 0.113. The van der Waals surface area contributed by atoms with Gasteiger partial charge in [0, 0.05) is 37.9 Å². The minimum absolute atomic E-state index is 0.113. The summed E-state index contributed by atoms with van der Waals surface area (Å²) in [7, 11) is 0. The largest absolute Gasteiger partial charge is 0.338 e. The molecule has 0 spiro atoms. The van der Waals surface area contributed by atoms with Gasteiger partial charge in [-0.2, -0.15) is 0 Å². The van der Waals surface area contributed by atoms with Gasteiger partial charge in [-0.05, 0) is 43.7 Å². The van der Waals surface area contributed by atoms with E-state index < -0.39 is 0 Å². The fourth-order valence-electron chi connectivity index (χ4n) is 3.34. The van der Waals surface area contributed by atoms with Crippen LogP contribution >= 0.6 is 22.9 Å². The van der Waals surface area contributed by atoms with E-state index in [0.717, 1.165) is 43.3 Å². The normalized spacial score (nSPS) is 19.3. The van der Waals surface area contributed by atoms with Gasteiger partial charge in [-0.25, -0.2) is 4.98 Å². The van der Waals surface area contributed by atoms with E-state index in [1.807, 2.05) is 17.2 Å². The standard InChI is InChI=1S/C17H20ClN3OS/c18-15-4-3-14(23-15)17(22)20-8-5-13(6-9-20)16-19-7-10-21(16)11-12-1-2-12/h3-4,7,10,12-13H,1-2,5-6,8-9,11H2.